The molecule has 5 heteroatoms. The van der Waals surface area contributed by atoms with Gasteiger partial charge in [0, 0.05) is 11.1 Å². The fraction of sp³-hybridized carbons (Fsp3) is 0.375. The van der Waals surface area contributed by atoms with Crippen LogP contribution in [-0.4, -0.2) is 23.3 Å². The molecule has 1 aromatic carbocycles. The van der Waals surface area contributed by atoms with Gasteiger partial charge in [0.15, 0.2) is 0 Å². The summed E-state index contributed by atoms with van der Waals surface area (Å²) in [5, 5.41) is 13.5. The third-order valence-electron chi connectivity index (χ3n) is 4.20. The molecule has 0 bridgehead atoms. The summed E-state index contributed by atoms with van der Waals surface area (Å²) in [7, 11) is 1.56. The summed E-state index contributed by atoms with van der Waals surface area (Å²) in [6.45, 7) is 3.73. The molecule has 1 aromatic heterocycles. The van der Waals surface area contributed by atoms with Crippen LogP contribution in [0.15, 0.2) is 22.7 Å². The van der Waals surface area contributed by atoms with Gasteiger partial charge in [-0.3, -0.25) is 4.79 Å². The number of carboxylic acids is 1. The van der Waals surface area contributed by atoms with Gasteiger partial charge in [-0.05, 0) is 44.4 Å². The van der Waals surface area contributed by atoms with E-state index in [4.69, 9.17) is 9.26 Å². The Balaban J connectivity index is 2.17. The standard InChI is InChI=1S/C16H17NO4/c1-9-14(10(2)21-17-9)11-4-5-13(20-3)12(8-11)16(6-7-16)15(18)19/h4-5,8H,6-7H2,1-3H3,(H,18,19). The van der Waals surface area contributed by atoms with Crippen LogP contribution in [0.1, 0.15) is 29.9 Å². The zero-order valence-corrected chi connectivity index (χ0v) is 12.3. The van der Waals surface area contributed by atoms with Gasteiger partial charge in [-0.15, -0.1) is 0 Å². The molecule has 1 fully saturated rings. The van der Waals surface area contributed by atoms with Crippen molar-refractivity contribution in [1.82, 2.24) is 5.16 Å². The number of benzene rings is 1. The van der Waals surface area contributed by atoms with E-state index < -0.39 is 11.4 Å². The Morgan fingerprint density at radius 2 is 2.10 bits per heavy atom. The van der Waals surface area contributed by atoms with Crippen LogP contribution in [0.4, 0.5) is 0 Å². The first-order chi connectivity index (χ1) is 9.99. The van der Waals surface area contributed by atoms with Crippen molar-refractivity contribution in [3.8, 4) is 16.9 Å². The van der Waals surface area contributed by atoms with Gasteiger partial charge in [-0.25, -0.2) is 0 Å². The number of aromatic nitrogens is 1. The Morgan fingerprint density at radius 1 is 1.38 bits per heavy atom. The van der Waals surface area contributed by atoms with E-state index in [1.54, 1.807) is 7.11 Å². The van der Waals surface area contributed by atoms with Crippen LogP contribution in [-0.2, 0) is 10.2 Å². The molecule has 0 saturated heterocycles. The van der Waals surface area contributed by atoms with Gasteiger partial charge in [0.05, 0.1) is 18.2 Å². The van der Waals surface area contributed by atoms with Crippen LogP contribution in [0.25, 0.3) is 11.1 Å². The monoisotopic (exact) mass is 287 g/mol. The second-order valence-electron chi connectivity index (χ2n) is 5.50. The highest BCUT2D eigenvalue weighted by Crippen LogP contribution is 2.52. The number of carbonyl (C=O) groups is 1. The molecule has 0 unspecified atom stereocenters. The molecule has 5 nitrogen and oxygen atoms in total. The van der Waals surface area contributed by atoms with E-state index in [0.29, 0.717) is 18.6 Å². The summed E-state index contributed by atoms with van der Waals surface area (Å²) in [6, 6.07) is 5.62. The first-order valence-electron chi connectivity index (χ1n) is 6.85. The summed E-state index contributed by atoms with van der Waals surface area (Å²) in [4.78, 5) is 11.6. The van der Waals surface area contributed by atoms with Crippen molar-refractivity contribution in [3.05, 3.63) is 35.2 Å². The topological polar surface area (TPSA) is 72.6 Å². The van der Waals surface area contributed by atoms with Crippen molar-refractivity contribution in [2.75, 3.05) is 7.11 Å². The average Bonchev–Trinajstić information content (AvgIpc) is 3.21. The summed E-state index contributed by atoms with van der Waals surface area (Å²) >= 11 is 0. The van der Waals surface area contributed by atoms with Gasteiger partial charge in [0.25, 0.3) is 0 Å². The number of rotatable bonds is 4. The molecule has 1 saturated carbocycles. The van der Waals surface area contributed by atoms with Crippen molar-refractivity contribution < 1.29 is 19.2 Å². The molecule has 2 aromatic rings. The lowest BCUT2D eigenvalue weighted by molar-refractivity contribution is -0.140. The normalized spacial score (nSPS) is 15.8. The molecule has 0 spiro atoms. The third kappa shape index (κ3) is 2.00. The molecule has 0 aliphatic heterocycles. The maximum absolute atomic E-state index is 11.6. The smallest absolute Gasteiger partial charge is 0.314 e. The van der Waals surface area contributed by atoms with Crippen LogP contribution >= 0.6 is 0 Å². The fourth-order valence-corrected chi connectivity index (χ4v) is 2.86. The van der Waals surface area contributed by atoms with Crippen LogP contribution in [0.5, 0.6) is 5.75 Å². The Labute approximate surface area is 122 Å². The highest BCUT2D eigenvalue weighted by molar-refractivity contribution is 5.87. The zero-order valence-electron chi connectivity index (χ0n) is 12.3. The third-order valence-corrected chi connectivity index (χ3v) is 4.20. The van der Waals surface area contributed by atoms with Gasteiger partial charge >= 0.3 is 5.97 Å². The Kier molecular flexibility index (Phi) is 3.01. The van der Waals surface area contributed by atoms with E-state index in [2.05, 4.69) is 5.16 Å². The van der Waals surface area contributed by atoms with E-state index >= 15 is 0 Å². The molecule has 0 atom stereocenters. The Bertz CT molecular complexity index is 694. The minimum Gasteiger partial charge on any atom is -0.496 e. The molecule has 1 heterocycles. The lowest BCUT2D eigenvalue weighted by Gasteiger charge is -2.16. The average molecular weight is 287 g/mol. The van der Waals surface area contributed by atoms with E-state index in [1.165, 1.54) is 0 Å². The zero-order chi connectivity index (χ0) is 15.2. The van der Waals surface area contributed by atoms with Crippen molar-refractivity contribution in [2.45, 2.75) is 32.1 Å². The minimum atomic E-state index is -0.805. The summed E-state index contributed by atoms with van der Waals surface area (Å²) in [6.07, 6.45) is 1.29. The van der Waals surface area contributed by atoms with E-state index in [9.17, 15) is 9.90 Å². The van der Waals surface area contributed by atoms with Gasteiger partial charge in [0.1, 0.15) is 11.5 Å². The van der Waals surface area contributed by atoms with Gasteiger partial charge in [0.2, 0.25) is 0 Å². The molecule has 21 heavy (non-hydrogen) atoms. The van der Waals surface area contributed by atoms with Crippen molar-refractivity contribution in [2.24, 2.45) is 0 Å². The number of hydrogen-bond donors (Lipinski definition) is 1. The first-order valence-corrected chi connectivity index (χ1v) is 6.85. The van der Waals surface area contributed by atoms with Crippen molar-refractivity contribution in [3.63, 3.8) is 0 Å². The highest BCUT2D eigenvalue weighted by atomic mass is 16.5. The predicted molar refractivity (Wildman–Crippen MR) is 76.5 cm³/mol. The first kappa shape index (κ1) is 13.7. The molecule has 110 valence electrons. The van der Waals surface area contributed by atoms with Crippen LogP contribution < -0.4 is 4.74 Å². The molecule has 0 radical (unpaired) electrons. The highest BCUT2D eigenvalue weighted by Gasteiger charge is 2.53. The maximum Gasteiger partial charge on any atom is 0.314 e. The second kappa shape index (κ2) is 4.62. The van der Waals surface area contributed by atoms with Crippen molar-refractivity contribution >= 4 is 5.97 Å². The number of methoxy groups -OCH3 is 1. The number of nitrogens with zero attached hydrogens (tertiary/aromatic N) is 1. The predicted octanol–water partition coefficient (Wildman–Crippen LogP) is 3.08. The second-order valence-corrected chi connectivity index (χ2v) is 5.50. The molecular weight excluding hydrogens is 270 g/mol. The summed E-state index contributed by atoms with van der Waals surface area (Å²) in [5.74, 6) is 0.547. The SMILES string of the molecule is COc1ccc(-c2c(C)noc2C)cc1C1(C(=O)O)CC1. The fourth-order valence-electron chi connectivity index (χ4n) is 2.86. The van der Waals surface area contributed by atoms with E-state index in [-0.39, 0.29) is 0 Å². The minimum absolute atomic E-state index is 0.616. The van der Waals surface area contributed by atoms with E-state index in [1.807, 2.05) is 32.0 Å². The van der Waals surface area contributed by atoms with Crippen LogP contribution in [0, 0.1) is 13.8 Å². The van der Waals surface area contributed by atoms with Crippen molar-refractivity contribution in [1.29, 1.82) is 0 Å². The molecule has 1 N–H and O–H groups in total. The largest absolute Gasteiger partial charge is 0.496 e. The summed E-state index contributed by atoms with van der Waals surface area (Å²) < 4.78 is 10.5. The quantitative estimate of drug-likeness (QED) is 0.935. The number of aryl methyl sites for hydroxylation is 2. The van der Waals surface area contributed by atoms with Crippen LogP contribution in [0.3, 0.4) is 0 Å². The number of carboxylic acid groups (broad SMARTS) is 1. The molecule has 1 aliphatic carbocycles. The Hall–Kier alpha value is -2.30. The Morgan fingerprint density at radius 3 is 2.57 bits per heavy atom. The lowest BCUT2D eigenvalue weighted by atomic mass is 9.91. The molecule has 0 amide bonds. The number of hydrogen-bond acceptors (Lipinski definition) is 4. The lowest BCUT2D eigenvalue weighted by Crippen LogP contribution is -2.20. The maximum atomic E-state index is 11.6. The summed E-state index contributed by atoms with van der Waals surface area (Å²) in [5.41, 5.74) is 2.55. The molecular formula is C16H17NO4. The van der Waals surface area contributed by atoms with Gasteiger partial charge in [-0.1, -0.05) is 11.2 Å². The molecule has 1 aliphatic rings. The van der Waals surface area contributed by atoms with Gasteiger partial charge < -0.3 is 14.4 Å². The number of ether oxygens (including phenoxy) is 1. The van der Waals surface area contributed by atoms with Gasteiger partial charge in [-0.2, -0.15) is 0 Å². The molecule has 3 rings (SSSR count). The van der Waals surface area contributed by atoms with E-state index in [0.717, 1.165) is 28.1 Å². The number of aliphatic carboxylic acids is 1. The van der Waals surface area contributed by atoms with Crippen LogP contribution in [0.2, 0.25) is 0 Å².